The van der Waals surface area contributed by atoms with E-state index in [1.165, 1.54) is 6.08 Å². The number of aliphatic hydroxyl groups excluding tert-OH is 1. The highest BCUT2D eigenvalue weighted by atomic mass is 16.5. The summed E-state index contributed by atoms with van der Waals surface area (Å²) in [5, 5.41) is 10.9. The van der Waals surface area contributed by atoms with Crippen LogP contribution >= 0.6 is 0 Å². The van der Waals surface area contributed by atoms with Gasteiger partial charge in [0.1, 0.15) is 0 Å². The molecule has 1 saturated heterocycles. The van der Waals surface area contributed by atoms with Gasteiger partial charge in [0.25, 0.3) is 5.91 Å². The normalized spacial score (nSPS) is 18.4. The summed E-state index contributed by atoms with van der Waals surface area (Å²) in [5.74, 6) is -0.361. The highest BCUT2D eigenvalue weighted by molar-refractivity contribution is 6.14. The number of carbonyl (C=O) groups excluding carboxylic acids is 2. The third-order valence-electron chi connectivity index (χ3n) is 6.74. The first-order valence-electron chi connectivity index (χ1n) is 13.2. The van der Waals surface area contributed by atoms with Crippen LogP contribution in [0.25, 0.3) is 6.08 Å². The van der Waals surface area contributed by atoms with Crippen LogP contribution in [0.2, 0.25) is 0 Å². The summed E-state index contributed by atoms with van der Waals surface area (Å²) >= 11 is 0. The molecule has 4 rings (SSSR count). The third kappa shape index (κ3) is 6.44. The maximum atomic E-state index is 13.4. The highest BCUT2D eigenvalue weighted by Gasteiger charge is 2.43. The zero-order valence-corrected chi connectivity index (χ0v) is 22.1. The van der Waals surface area contributed by atoms with Crippen LogP contribution in [0.5, 0.6) is 11.5 Å². The molecular formula is C30H36N2O6. The van der Waals surface area contributed by atoms with Gasteiger partial charge in [0.2, 0.25) is 0 Å². The molecule has 0 saturated carbocycles. The number of ether oxygens (including phenoxy) is 3. The van der Waals surface area contributed by atoms with Gasteiger partial charge in [-0.15, -0.1) is 0 Å². The molecular weight excluding hydrogens is 484 g/mol. The number of nitrogens with zero attached hydrogens (tertiary/aromatic N) is 2. The average molecular weight is 521 g/mol. The maximum Gasteiger partial charge on any atom is 0.290 e. The SMILES string of the molecule is CCCOc1ccc(C2C(C(=O)/C=C/c3ccccc3)=C(O)C(=O)N2CCCN2CCOCC2)cc1OC. The van der Waals surface area contributed by atoms with Gasteiger partial charge < -0.3 is 24.2 Å². The van der Waals surface area contributed by atoms with Crippen LogP contribution in [0.15, 0.2) is 65.9 Å². The van der Waals surface area contributed by atoms with Gasteiger partial charge in [-0.1, -0.05) is 49.4 Å². The number of morpholine rings is 1. The number of hydrogen-bond donors (Lipinski definition) is 1. The van der Waals surface area contributed by atoms with Crippen LogP contribution in [-0.4, -0.2) is 79.7 Å². The molecule has 0 spiro atoms. The summed E-state index contributed by atoms with van der Waals surface area (Å²) in [7, 11) is 1.56. The van der Waals surface area contributed by atoms with Crippen molar-refractivity contribution in [3.63, 3.8) is 0 Å². The fourth-order valence-corrected chi connectivity index (χ4v) is 4.78. The molecule has 1 N–H and O–H groups in total. The maximum absolute atomic E-state index is 13.4. The van der Waals surface area contributed by atoms with E-state index in [2.05, 4.69) is 4.90 Å². The van der Waals surface area contributed by atoms with Crippen molar-refractivity contribution in [2.24, 2.45) is 0 Å². The van der Waals surface area contributed by atoms with Crippen LogP contribution in [0, 0.1) is 0 Å². The molecule has 1 amide bonds. The van der Waals surface area contributed by atoms with Gasteiger partial charge in [-0.25, -0.2) is 0 Å². The number of amides is 1. The average Bonchev–Trinajstić information content (AvgIpc) is 3.21. The zero-order valence-electron chi connectivity index (χ0n) is 22.1. The summed E-state index contributed by atoms with van der Waals surface area (Å²) < 4.78 is 16.8. The van der Waals surface area contributed by atoms with E-state index in [0.29, 0.717) is 49.8 Å². The van der Waals surface area contributed by atoms with Crippen LogP contribution in [0.1, 0.15) is 36.9 Å². The van der Waals surface area contributed by atoms with Crippen molar-refractivity contribution in [1.29, 1.82) is 0 Å². The lowest BCUT2D eigenvalue weighted by Crippen LogP contribution is -2.39. The molecule has 0 radical (unpaired) electrons. The smallest absolute Gasteiger partial charge is 0.290 e. The number of hydrogen-bond acceptors (Lipinski definition) is 7. The van der Waals surface area contributed by atoms with E-state index in [0.717, 1.165) is 31.6 Å². The lowest BCUT2D eigenvalue weighted by atomic mass is 9.95. The number of carbonyl (C=O) groups is 2. The van der Waals surface area contributed by atoms with Crippen molar-refractivity contribution in [3.8, 4) is 11.5 Å². The summed E-state index contributed by atoms with van der Waals surface area (Å²) in [4.78, 5) is 30.6. The van der Waals surface area contributed by atoms with E-state index >= 15 is 0 Å². The predicted molar refractivity (Wildman–Crippen MR) is 145 cm³/mol. The third-order valence-corrected chi connectivity index (χ3v) is 6.74. The fraction of sp³-hybridized carbons (Fsp3) is 0.400. The molecule has 2 aromatic rings. The Morgan fingerprint density at radius 3 is 2.58 bits per heavy atom. The molecule has 2 aromatic carbocycles. The number of aliphatic hydroxyl groups is 1. The molecule has 38 heavy (non-hydrogen) atoms. The van der Waals surface area contributed by atoms with Crippen LogP contribution in [0.3, 0.4) is 0 Å². The van der Waals surface area contributed by atoms with Gasteiger partial charge in [0, 0.05) is 26.2 Å². The molecule has 8 heteroatoms. The molecule has 2 heterocycles. The van der Waals surface area contributed by atoms with Gasteiger partial charge >= 0.3 is 0 Å². The minimum atomic E-state index is -0.741. The second kappa shape index (κ2) is 13.3. The molecule has 0 aromatic heterocycles. The van der Waals surface area contributed by atoms with Gasteiger partial charge in [0.05, 0.1) is 38.5 Å². The first-order valence-corrected chi connectivity index (χ1v) is 13.2. The van der Waals surface area contributed by atoms with E-state index in [1.807, 2.05) is 43.3 Å². The topological polar surface area (TPSA) is 88.5 Å². The zero-order chi connectivity index (χ0) is 26.9. The Hall–Kier alpha value is -3.62. The first-order chi connectivity index (χ1) is 18.5. The molecule has 2 aliphatic heterocycles. The van der Waals surface area contributed by atoms with E-state index in [1.54, 1.807) is 30.2 Å². The Kier molecular flexibility index (Phi) is 9.56. The van der Waals surface area contributed by atoms with Crippen molar-refractivity contribution < 1.29 is 28.9 Å². The minimum absolute atomic E-state index is 0.0674. The number of rotatable bonds is 12. The second-order valence-electron chi connectivity index (χ2n) is 9.34. The van der Waals surface area contributed by atoms with Crippen molar-refractivity contribution in [3.05, 3.63) is 77.1 Å². The summed E-state index contributed by atoms with van der Waals surface area (Å²) in [6, 6.07) is 14.1. The van der Waals surface area contributed by atoms with Gasteiger partial charge in [-0.2, -0.15) is 0 Å². The summed E-state index contributed by atoms with van der Waals surface area (Å²) in [6.07, 6.45) is 4.65. The lowest BCUT2D eigenvalue weighted by Gasteiger charge is -2.30. The number of methoxy groups -OCH3 is 1. The van der Waals surface area contributed by atoms with Crippen molar-refractivity contribution in [1.82, 2.24) is 9.80 Å². The van der Waals surface area contributed by atoms with Gasteiger partial charge in [-0.3, -0.25) is 14.5 Å². The molecule has 1 fully saturated rings. The Labute approximate surface area is 224 Å². The molecule has 2 aliphatic rings. The van der Waals surface area contributed by atoms with E-state index < -0.39 is 23.5 Å². The van der Waals surface area contributed by atoms with Crippen molar-refractivity contribution >= 4 is 17.8 Å². The quantitative estimate of drug-likeness (QED) is 0.420. The Balaban J connectivity index is 1.63. The molecule has 202 valence electrons. The Bertz CT molecular complexity index is 1170. The number of ketones is 1. The lowest BCUT2D eigenvalue weighted by molar-refractivity contribution is -0.129. The van der Waals surface area contributed by atoms with E-state index in [-0.39, 0.29) is 5.57 Å². The molecule has 1 unspecified atom stereocenters. The van der Waals surface area contributed by atoms with E-state index in [4.69, 9.17) is 14.2 Å². The molecule has 0 bridgehead atoms. The summed E-state index contributed by atoms with van der Waals surface area (Å²) in [6.45, 7) is 6.86. The van der Waals surface area contributed by atoms with Gasteiger partial charge in [-0.05, 0) is 42.2 Å². The summed E-state index contributed by atoms with van der Waals surface area (Å²) in [5.41, 5.74) is 1.59. The molecule has 8 nitrogen and oxygen atoms in total. The minimum Gasteiger partial charge on any atom is -0.503 e. The predicted octanol–water partition coefficient (Wildman–Crippen LogP) is 4.18. The monoisotopic (exact) mass is 520 g/mol. The van der Waals surface area contributed by atoms with Crippen molar-refractivity contribution in [2.75, 3.05) is 53.1 Å². The second-order valence-corrected chi connectivity index (χ2v) is 9.34. The van der Waals surface area contributed by atoms with Crippen LogP contribution in [-0.2, 0) is 14.3 Å². The number of benzene rings is 2. The fourth-order valence-electron chi connectivity index (χ4n) is 4.78. The molecule has 0 aliphatic carbocycles. The van der Waals surface area contributed by atoms with Crippen molar-refractivity contribution in [2.45, 2.75) is 25.8 Å². The number of allylic oxidation sites excluding steroid dienone is 1. The highest BCUT2D eigenvalue weighted by Crippen LogP contribution is 2.41. The van der Waals surface area contributed by atoms with Crippen LogP contribution in [0.4, 0.5) is 0 Å². The Morgan fingerprint density at radius 2 is 1.87 bits per heavy atom. The van der Waals surface area contributed by atoms with Crippen LogP contribution < -0.4 is 9.47 Å². The Morgan fingerprint density at radius 1 is 1.11 bits per heavy atom. The first kappa shape index (κ1) is 27.4. The van der Waals surface area contributed by atoms with E-state index in [9.17, 15) is 14.7 Å². The standard InChI is InChI=1S/C30H36N2O6/c1-3-18-38-25-13-11-23(21-26(25)36-2)28-27(24(33)12-10-22-8-5-4-6-9-22)29(34)30(35)32(28)15-7-14-31-16-19-37-20-17-31/h4-6,8-13,21,28,34H,3,7,14-20H2,1-2H3/b12-10+. The van der Waals surface area contributed by atoms with Gasteiger partial charge in [0.15, 0.2) is 23.0 Å². The largest absolute Gasteiger partial charge is 0.503 e. The molecule has 1 atom stereocenters.